The number of anilines is 3. The highest BCUT2D eigenvalue weighted by Gasteiger charge is 2.32. The van der Waals surface area contributed by atoms with E-state index in [1.165, 1.54) is 0 Å². The Morgan fingerprint density at radius 1 is 1.12 bits per heavy atom. The van der Waals surface area contributed by atoms with Crippen LogP contribution in [0.1, 0.15) is 27.2 Å². The maximum atomic E-state index is 11.6. The van der Waals surface area contributed by atoms with E-state index in [2.05, 4.69) is 40.5 Å². The standard InChI is InChI=1S/C17H29N7O2/c1-4-21-5-7-22(8-6-21)17-19-15(18)14(24(25)26)16(20-17)23-10-12(2)9-13(3)11-23/h12-13H,4-11H2,1-3H3,(H2,18,19,20)/t12-,13-/m1/s1. The first kappa shape index (κ1) is 18.6. The molecule has 0 aliphatic carbocycles. The number of nitrogen functional groups attached to an aromatic ring is 1. The van der Waals surface area contributed by atoms with Crippen molar-refractivity contribution in [1.29, 1.82) is 0 Å². The highest BCUT2D eigenvalue weighted by molar-refractivity contribution is 5.71. The van der Waals surface area contributed by atoms with Crippen molar-refractivity contribution in [1.82, 2.24) is 14.9 Å². The Hall–Kier alpha value is -2.16. The van der Waals surface area contributed by atoms with Crippen molar-refractivity contribution >= 4 is 23.3 Å². The summed E-state index contributed by atoms with van der Waals surface area (Å²) in [5, 5.41) is 11.6. The molecule has 26 heavy (non-hydrogen) atoms. The maximum absolute atomic E-state index is 11.6. The van der Waals surface area contributed by atoms with Crippen LogP contribution in [0.4, 0.5) is 23.3 Å². The van der Waals surface area contributed by atoms with Crippen LogP contribution in [-0.4, -0.2) is 65.6 Å². The Balaban J connectivity index is 1.93. The molecule has 144 valence electrons. The van der Waals surface area contributed by atoms with Crippen molar-refractivity contribution in [3.63, 3.8) is 0 Å². The number of piperazine rings is 1. The molecular formula is C17H29N7O2. The van der Waals surface area contributed by atoms with Crippen molar-refractivity contribution in [3.05, 3.63) is 10.1 Å². The van der Waals surface area contributed by atoms with Crippen LogP contribution in [0.25, 0.3) is 0 Å². The molecule has 0 bridgehead atoms. The molecule has 9 nitrogen and oxygen atoms in total. The van der Waals surface area contributed by atoms with Gasteiger partial charge in [-0.3, -0.25) is 10.1 Å². The lowest BCUT2D eigenvalue weighted by atomic mass is 9.92. The van der Waals surface area contributed by atoms with Crippen LogP contribution in [0, 0.1) is 22.0 Å². The normalized spacial score (nSPS) is 24.7. The average Bonchev–Trinajstić information content (AvgIpc) is 2.60. The number of piperidine rings is 1. The Morgan fingerprint density at radius 3 is 2.27 bits per heavy atom. The molecule has 2 N–H and O–H groups in total. The van der Waals surface area contributed by atoms with Gasteiger partial charge in [0.25, 0.3) is 0 Å². The van der Waals surface area contributed by atoms with Gasteiger partial charge in [0.2, 0.25) is 17.6 Å². The molecule has 0 aromatic carbocycles. The minimum absolute atomic E-state index is 0.0428. The van der Waals surface area contributed by atoms with Crippen LogP contribution in [0.3, 0.4) is 0 Å². The third-order valence-electron chi connectivity index (χ3n) is 5.33. The Morgan fingerprint density at radius 2 is 1.73 bits per heavy atom. The Kier molecular flexibility index (Phi) is 5.45. The molecule has 1 aromatic rings. The minimum Gasteiger partial charge on any atom is -0.378 e. The largest absolute Gasteiger partial charge is 0.378 e. The van der Waals surface area contributed by atoms with Crippen molar-refractivity contribution in [3.8, 4) is 0 Å². The zero-order chi connectivity index (χ0) is 18.8. The first-order chi connectivity index (χ1) is 12.4. The number of nitrogens with two attached hydrogens (primary N) is 1. The zero-order valence-electron chi connectivity index (χ0n) is 15.9. The van der Waals surface area contributed by atoms with E-state index in [0.717, 1.165) is 52.2 Å². The first-order valence-electron chi connectivity index (χ1n) is 9.43. The molecule has 2 fully saturated rings. The number of hydrogen-bond acceptors (Lipinski definition) is 8. The van der Waals surface area contributed by atoms with Crippen molar-refractivity contribution in [2.24, 2.45) is 11.8 Å². The molecule has 3 rings (SSSR count). The van der Waals surface area contributed by atoms with Gasteiger partial charge < -0.3 is 20.4 Å². The fourth-order valence-corrected chi connectivity index (χ4v) is 4.08. The molecule has 2 saturated heterocycles. The van der Waals surface area contributed by atoms with Gasteiger partial charge in [-0.1, -0.05) is 20.8 Å². The summed E-state index contributed by atoms with van der Waals surface area (Å²) >= 11 is 0. The highest BCUT2D eigenvalue weighted by Crippen LogP contribution is 2.36. The second-order valence-corrected chi connectivity index (χ2v) is 7.61. The van der Waals surface area contributed by atoms with E-state index in [-0.39, 0.29) is 11.5 Å². The van der Waals surface area contributed by atoms with Crippen LogP contribution in [0.2, 0.25) is 0 Å². The number of rotatable bonds is 4. The van der Waals surface area contributed by atoms with Gasteiger partial charge in [0, 0.05) is 39.3 Å². The summed E-state index contributed by atoms with van der Waals surface area (Å²) in [6.45, 7) is 12.5. The topological polar surface area (TPSA) is 105 Å². The summed E-state index contributed by atoms with van der Waals surface area (Å²) in [7, 11) is 0. The van der Waals surface area contributed by atoms with E-state index in [0.29, 0.717) is 23.6 Å². The van der Waals surface area contributed by atoms with Gasteiger partial charge in [-0.05, 0) is 24.8 Å². The lowest BCUT2D eigenvalue weighted by molar-refractivity contribution is -0.383. The van der Waals surface area contributed by atoms with E-state index in [4.69, 9.17) is 5.73 Å². The molecule has 0 amide bonds. The van der Waals surface area contributed by atoms with E-state index < -0.39 is 4.92 Å². The van der Waals surface area contributed by atoms with Gasteiger partial charge >= 0.3 is 5.69 Å². The van der Waals surface area contributed by atoms with Crippen LogP contribution >= 0.6 is 0 Å². The fraction of sp³-hybridized carbons (Fsp3) is 0.765. The monoisotopic (exact) mass is 363 g/mol. The summed E-state index contributed by atoms with van der Waals surface area (Å²) in [5.74, 6) is 1.76. The number of aromatic nitrogens is 2. The van der Waals surface area contributed by atoms with E-state index in [1.54, 1.807) is 0 Å². The third kappa shape index (κ3) is 3.82. The second-order valence-electron chi connectivity index (χ2n) is 7.61. The number of nitrogens with zero attached hydrogens (tertiary/aromatic N) is 6. The number of hydrogen-bond donors (Lipinski definition) is 1. The van der Waals surface area contributed by atoms with Gasteiger partial charge in [-0.15, -0.1) is 0 Å². The molecular weight excluding hydrogens is 334 g/mol. The molecule has 0 unspecified atom stereocenters. The average molecular weight is 363 g/mol. The van der Waals surface area contributed by atoms with Crippen LogP contribution in [-0.2, 0) is 0 Å². The van der Waals surface area contributed by atoms with Crippen molar-refractivity contribution in [2.45, 2.75) is 27.2 Å². The first-order valence-corrected chi connectivity index (χ1v) is 9.43. The van der Waals surface area contributed by atoms with Crippen LogP contribution in [0.15, 0.2) is 0 Å². The summed E-state index contributed by atoms with van der Waals surface area (Å²) in [6, 6.07) is 0. The summed E-state index contributed by atoms with van der Waals surface area (Å²) < 4.78 is 0. The molecule has 2 atom stereocenters. The van der Waals surface area contributed by atoms with Gasteiger partial charge in [-0.2, -0.15) is 9.97 Å². The fourth-order valence-electron chi connectivity index (χ4n) is 4.08. The maximum Gasteiger partial charge on any atom is 0.353 e. The molecule has 3 heterocycles. The highest BCUT2D eigenvalue weighted by atomic mass is 16.6. The van der Waals surface area contributed by atoms with Gasteiger partial charge in [0.15, 0.2) is 0 Å². The summed E-state index contributed by atoms with van der Waals surface area (Å²) in [4.78, 5) is 26.5. The zero-order valence-corrected chi connectivity index (χ0v) is 15.9. The quantitative estimate of drug-likeness (QED) is 0.635. The van der Waals surface area contributed by atoms with E-state index >= 15 is 0 Å². The van der Waals surface area contributed by atoms with Crippen molar-refractivity contribution < 1.29 is 4.92 Å². The lowest BCUT2D eigenvalue weighted by Crippen LogP contribution is -2.47. The molecule has 0 radical (unpaired) electrons. The minimum atomic E-state index is -0.451. The van der Waals surface area contributed by atoms with Crippen molar-refractivity contribution in [2.75, 3.05) is 61.3 Å². The third-order valence-corrected chi connectivity index (χ3v) is 5.33. The van der Waals surface area contributed by atoms with Crippen LogP contribution in [0.5, 0.6) is 0 Å². The SMILES string of the molecule is CCN1CCN(c2nc(N)c([N+](=O)[O-])c(N3C[C@H](C)C[C@@H](C)C3)n2)CC1. The summed E-state index contributed by atoms with van der Waals surface area (Å²) in [6.07, 6.45) is 1.12. The molecule has 0 saturated carbocycles. The molecule has 2 aliphatic heterocycles. The van der Waals surface area contributed by atoms with Crippen LogP contribution < -0.4 is 15.5 Å². The number of likely N-dealkylation sites (N-methyl/N-ethyl adjacent to an activating group) is 1. The van der Waals surface area contributed by atoms with E-state index in [1.807, 2.05) is 4.90 Å². The molecule has 9 heteroatoms. The Labute approximate surface area is 154 Å². The number of nitro groups is 1. The molecule has 0 spiro atoms. The Bertz CT molecular complexity index is 651. The summed E-state index contributed by atoms with van der Waals surface area (Å²) in [5.41, 5.74) is 5.84. The predicted octanol–water partition coefficient (Wildman–Crippen LogP) is 1.59. The van der Waals surface area contributed by atoms with Gasteiger partial charge in [0.1, 0.15) is 0 Å². The molecule has 1 aromatic heterocycles. The van der Waals surface area contributed by atoms with E-state index in [9.17, 15) is 10.1 Å². The molecule has 2 aliphatic rings. The second kappa shape index (κ2) is 7.61. The van der Waals surface area contributed by atoms with Gasteiger partial charge in [-0.25, -0.2) is 0 Å². The smallest absolute Gasteiger partial charge is 0.353 e. The van der Waals surface area contributed by atoms with Gasteiger partial charge in [0.05, 0.1) is 4.92 Å². The lowest BCUT2D eigenvalue weighted by Gasteiger charge is -2.37. The predicted molar refractivity (Wildman–Crippen MR) is 103 cm³/mol.